The Hall–Kier alpha value is -3.35. The average Bonchev–Trinajstić information content (AvgIpc) is 2.66. The number of carbonyl (C=O) groups excluding carboxylic acids is 2. The smallest absolute Gasteiger partial charge is 0.368 e. The van der Waals surface area contributed by atoms with Crippen molar-refractivity contribution < 1.29 is 22.8 Å². The highest BCUT2D eigenvalue weighted by molar-refractivity contribution is 6.08. The Bertz CT molecular complexity index is 1030. The number of alkyl halides is 3. The van der Waals surface area contributed by atoms with E-state index in [9.17, 15) is 22.8 Å². The lowest BCUT2D eigenvalue weighted by molar-refractivity contribution is -0.138. The van der Waals surface area contributed by atoms with Gasteiger partial charge in [0.15, 0.2) is 0 Å². The highest BCUT2D eigenvalue weighted by atomic mass is 19.4. The number of carbonyl (C=O) groups is 2. The second-order valence-corrected chi connectivity index (χ2v) is 6.31. The van der Waals surface area contributed by atoms with Crippen LogP contribution in [0.5, 0.6) is 0 Å². The van der Waals surface area contributed by atoms with E-state index in [0.717, 1.165) is 11.5 Å². The van der Waals surface area contributed by atoms with Crippen molar-refractivity contribution in [2.75, 3.05) is 0 Å². The summed E-state index contributed by atoms with van der Waals surface area (Å²) in [5.41, 5.74) is 4.69. The van der Waals surface area contributed by atoms with Gasteiger partial charge < -0.3 is 11.1 Å². The van der Waals surface area contributed by atoms with Gasteiger partial charge in [-0.05, 0) is 28.5 Å². The molecule has 0 aliphatic rings. The topological polar surface area (TPSA) is 72.2 Å². The zero-order valence-electron chi connectivity index (χ0n) is 14.7. The molecular weight excluding hydrogens is 369 g/mol. The number of primary amides is 1. The van der Waals surface area contributed by atoms with Crippen molar-refractivity contribution in [2.24, 2.45) is 5.73 Å². The largest absolute Gasteiger partial charge is 0.416 e. The fourth-order valence-electron chi connectivity index (χ4n) is 3.08. The Morgan fingerprint density at radius 3 is 2.29 bits per heavy atom. The van der Waals surface area contributed by atoms with E-state index in [-0.39, 0.29) is 12.0 Å². The number of fused-ring (bicyclic) bond motifs is 1. The number of nitrogens with one attached hydrogen (secondary N) is 1. The van der Waals surface area contributed by atoms with Crippen LogP contribution in [0.4, 0.5) is 13.2 Å². The van der Waals surface area contributed by atoms with Crippen LogP contribution < -0.4 is 11.1 Å². The normalized spacial score (nSPS) is 12.5. The minimum atomic E-state index is -4.57. The van der Waals surface area contributed by atoms with Crippen molar-refractivity contribution in [3.63, 3.8) is 0 Å². The molecule has 4 nitrogen and oxygen atoms in total. The summed E-state index contributed by atoms with van der Waals surface area (Å²) in [5, 5.41) is 3.97. The van der Waals surface area contributed by atoms with Crippen molar-refractivity contribution in [3.05, 3.63) is 83.4 Å². The summed E-state index contributed by atoms with van der Waals surface area (Å²) in [4.78, 5) is 24.5. The Morgan fingerprint density at radius 1 is 0.929 bits per heavy atom. The molecule has 0 aromatic heterocycles. The Kier molecular flexibility index (Phi) is 5.35. The van der Waals surface area contributed by atoms with Crippen LogP contribution in [0.25, 0.3) is 10.8 Å². The number of halogens is 3. The molecule has 0 saturated carbocycles. The predicted octanol–water partition coefficient (Wildman–Crippen LogP) is 3.69. The van der Waals surface area contributed by atoms with Gasteiger partial charge in [-0.1, -0.05) is 54.6 Å². The second-order valence-electron chi connectivity index (χ2n) is 6.31. The van der Waals surface area contributed by atoms with Crippen molar-refractivity contribution >= 4 is 22.6 Å². The van der Waals surface area contributed by atoms with Crippen LogP contribution in [0.15, 0.2) is 66.7 Å². The first-order chi connectivity index (χ1) is 13.3. The Labute approximate surface area is 159 Å². The van der Waals surface area contributed by atoms with E-state index in [0.29, 0.717) is 10.9 Å². The van der Waals surface area contributed by atoms with Gasteiger partial charge in [0, 0.05) is 12.0 Å². The van der Waals surface area contributed by atoms with E-state index in [1.165, 1.54) is 18.2 Å². The highest BCUT2D eigenvalue weighted by Gasteiger charge is 2.34. The van der Waals surface area contributed by atoms with Crippen molar-refractivity contribution in [1.29, 1.82) is 0 Å². The lowest BCUT2D eigenvalue weighted by Crippen LogP contribution is -2.46. The predicted molar refractivity (Wildman–Crippen MR) is 99.5 cm³/mol. The molecule has 0 heterocycles. The summed E-state index contributed by atoms with van der Waals surface area (Å²) < 4.78 is 39.6. The molecule has 7 heteroatoms. The molecular formula is C21H17F3N2O2. The molecule has 28 heavy (non-hydrogen) atoms. The van der Waals surface area contributed by atoms with Crippen LogP contribution in [0, 0.1) is 0 Å². The van der Waals surface area contributed by atoms with E-state index >= 15 is 0 Å². The average molecular weight is 386 g/mol. The summed E-state index contributed by atoms with van der Waals surface area (Å²) in [5.74, 6) is -1.49. The molecule has 144 valence electrons. The fraction of sp³-hybridized carbons (Fsp3) is 0.143. The third-order valence-corrected chi connectivity index (χ3v) is 4.43. The molecule has 3 aromatic carbocycles. The molecule has 2 amide bonds. The molecule has 0 aliphatic carbocycles. The lowest BCUT2D eigenvalue weighted by atomic mass is 9.98. The number of rotatable bonds is 5. The molecule has 1 atom stereocenters. The maximum Gasteiger partial charge on any atom is 0.416 e. The summed E-state index contributed by atoms with van der Waals surface area (Å²) in [7, 11) is 0. The number of amides is 2. The highest BCUT2D eigenvalue weighted by Crippen LogP contribution is 2.32. The van der Waals surface area contributed by atoms with Crippen LogP contribution in [0.3, 0.4) is 0 Å². The Morgan fingerprint density at radius 2 is 1.57 bits per heavy atom. The van der Waals surface area contributed by atoms with Gasteiger partial charge >= 0.3 is 6.18 Å². The summed E-state index contributed by atoms with van der Waals surface area (Å²) in [6, 6.07) is 15.9. The maximum absolute atomic E-state index is 13.2. The molecule has 0 unspecified atom stereocenters. The number of hydrogen-bond acceptors (Lipinski definition) is 2. The molecule has 3 N–H and O–H groups in total. The van der Waals surface area contributed by atoms with Gasteiger partial charge in [0.2, 0.25) is 5.91 Å². The standard InChI is InChI=1S/C21H17F3N2O2/c22-21(23,24)17-11-4-2-7-14(17)12-18(19(25)27)26-20(28)16-10-5-8-13-6-1-3-9-15(13)16/h1-11,18H,12H2,(H2,25,27)(H,26,28)/t18-/m1/s1. The minimum Gasteiger partial charge on any atom is -0.368 e. The summed E-state index contributed by atoms with van der Waals surface area (Å²) >= 11 is 0. The molecule has 0 fully saturated rings. The Balaban J connectivity index is 1.89. The van der Waals surface area contributed by atoms with Crippen molar-refractivity contribution in [2.45, 2.75) is 18.6 Å². The van der Waals surface area contributed by atoms with Gasteiger partial charge in [-0.3, -0.25) is 9.59 Å². The van der Waals surface area contributed by atoms with Gasteiger partial charge in [-0.25, -0.2) is 0 Å². The van der Waals surface area contributed by atoms with Gasteiger partial charge in [0.05, 0.1) is 5.56 Å². The fourth-order valence-corrected chi connectivity index (χ4v) is 3.08. The van der Waals surface area contributed by atoms with Gasteiger partial charge in [0.25, 0.3) is 5.91 Å². The molecule has 0 bridgehead atoms. The van der Waals surface area contributed by atoms with Crippen LogP contribution in [0.2, 0.25) is 0 Å². The van der Waals surface area contributed by atoms with Gasteiger partial charge in [0.1, 0.15) is 6.04 Å². The summed E-state index contributed by atoms with van der Waals surface area (Å²) in [6.07, 6.45) is -4.93. The van der Waals surface area contributed by atoms with Crippen molar-refractivity contribution in [3.8, 4) is 0 Å². The van der Waals surface area contributed by atoms with Crippen LogP contribution >= 0.6 is 0 Å². The molecule has 3 aromatic rings. The first-order valence-electron chi connectivity index (χ1n) is 8.50. The first kappa shape index (κ1) is 19.4. The van der Waals surface area contributed by atoms with Gasteiger partial charge in [-0.15, -0.1) is 0 Å². The number of hydrogen-bond donors (Lipinski definition) is 2. The molecule has 0 aliphatic heterocycles. The minimum absolute atomic E-state index is 0.114. The van der Waals surface area contributed by atoms with Crippen LogP contribution in [-0.4, -0.2) is 17.9 Å². The molecule has 0 saturated heterocycles. The molecule has 0 radical (unpaired) electrons. The summed E-state index contributed by atoms with van der Waals surface area (Å²) in [6.45, 7) is 0. The maximum atomic E-state index is 13.2. The van der Waals surface area contributed by atoms with E-state index in [2.05, 4.69) is 5.32 Å². The van der Waals surface area contributed by atoms with E-state index in [1.54, 1.807) is 24.3 Å². The second kappa shape index (κ2) is 7.72. The lowest BCUT2D eigenvalue weighted by Gasteiger charge is -2.19. The zero-order valence-corrected chi connectivity index (χ0v) is 14.7. The number of benzene rings is 3. The zero-order chi connectivity index (χ0) is 20.3. The number of nitrogens with two attached hydrogens (primary N) is 1. The molecule has 0 spiro atoms. The van der Waals surface area contributed by atoms with Crippen LogP contribution in [0.1, 0.15) is 21.5 Å². The van der Waals surface area contributed by atoms with Crippen LogP contribution in [-0.2, 0) is 17.4 Å². The third kappa shape index (κ3) is 4.14. The van der Waals surface area contributed by atoms with E-state index in [1.807, 2.05) is 18.2 Å². The molecule has 3 rings (SSSR count). The van der Waals surface area contributed by atoms with E-state index in [4.69, 9.17) is 5.73 Å². The van der Waals surface area contributed by atoms with E-state index < -0.39 is 29.6 Å². The van der Waals surface area contributed by atoms with Gasteiger partial charge in [-0.2, -0.15) is 13.2 Å². The van der Waals surface area contributed by atoms with Crippen molar-refractivity contribution in [1.82, 2.24) is 5.32 Å². The third-order valence-electron chi connectivity index (χ3n) is 4.43. The monoisotopic (exact) mass is 386 g/mol. The SMILES string of the molecule is NC(=O)[C@@H](Cc1ccccc1C(F)(F)F)NC(=O)c1cccc2ccccc12. The first-order valence-corrected chi connectivity index (χ1v) is 8.50. The quantitative estimate of drug-likeness (QED) is 0.702.